The second kappa shape index (κ2) is 8.59. The number of halogens is 1. The van der Waals surface area contributed by atoms with Crippen LogP contribution in [-0.2, 0) is 17.6 Å². The quantitative estimate of drug-likeness (QED) is 0.785. The highest BCUT2D eigenvalue weighted by atomic mass is 35.5. The molecule has 2 aromatic rings. The van der Waals surface area contributed by atoms with Crippen LogP contribution in [0.3, 0.4) is 0 Å². The molecule has 0 aromatic heterocycles. The van der Waals surface area contributed by atoms with Crippen LogP contribution >= 0.6 is 11.6 Å². The first-order valence-corrected chi connectivity index (χ1v) is 8.30. The van der Waals surface area contributed by atoms with Gasteiger partial charge in [-0.3, -0.25) is 4.79 Å². The topological polar surface area (TPSA) is 38.3 Å². The highest BCUT2D eigenvalue weighted by Gasteiger charge is 2.10. The zero-order valence-corrected chi connectivity index (χ0v) is 14.3. The van der Waals surface area contributed by atoms with Crippen molar-refractivity contribution in [3.63, 3.8) is 0 Å². The molecule has 2 rings (SSSR count). The fourth-order valence-corrected chi connectivity index (χ4v) is 2.52. The van der Waals surface area contributed by atoms with Crippen molar-refractivity contribution in [1.29, 1.82) is 0 Å². The van der Waals surface area contributed by atoms with Gasteiger partial charge in [0, 0.05) is 10.7 Å². The van der Waals surface area contributed by atoms with E-state index in [0.29, 0.717) is 23.8 Å². The maximum atomic E-state index is 12.2. The van der Waals surface area contributed by atoms with Crippen LogP contribution in [0.2, 0.25) is 5.02 Å². The van der Waals surface area contributed by atoms with Crippen molar-refractivity contribution in [3.05, 3.63) is 58.6 Å². The third-order valence-corrected chi connectivity index (χ3v) is 3.93. The molecule has 0 fully saturated rings. The molecule has 0 aliphatic heterocycles. The standard InChI is InChI=1S/C19H22ClNO2/c1-3-14-6-5-7-15(4-2)19(14)21-18(22)12-13-23-17-10-8-16(20)9-11-17/h5-11H,3-4,12-13H2,1-2H3,(H,21,22). The third-order valence-electron chi connectivity index (χ3n) is 3.67. The number of nitrogens with one attached hydrogen (secondary N) is 1. The first-order chi connectivity index (χ1) is 11.1. The molecular formula is C19H22ClNO2. The van der Waals surface area contributed by atoms with E-state index < -0.39 is 0 Å². The molecule has 0 unspecified atom stereocenters. The lowest BCUT2D eigenvalue weighted by molar-refractivity contribution is -0.116. The molecule has 0 bridgehead atoms. The Morgan fingerprint density at radius 1 is 1.04 bits per heavy atom. The van der Waals surface area contributed by atoms with Gasteiger partial charge in [0.15, 0.2) is 0 Å². The number of aryl methyl sites for hydroxylation is 2. The van der Waals surface area contributed by atoms with Gasteiger partial charge in [0.25, 0.3) is 0 Å². The first-order valence-electron chi connectivity index (χ1n) is 7.93. The molecule has 122 valence electrons. The van der Waals surface area contributed by atoms with E-state index in [-0.39, 0.29) is 5.91 Å². The Bertz CT molecular complexity index is 631. The number of para-hydroxylation sites is 1. The monoisotopic (exact) mass is 331 g/mol. The van der Waals surface area contributed by atoms with E-state index in [2.05, 4.69) is 31.3 Å². The highest BCUT2D eigenvalue weighted by molar-refractivity contribution is 6.30. The largest absolute Gasteiger partial charge is 0.493 e. The van der Waals surface area contributed by atoms with Gasteiger partial charge in [-0.2, -0.15) is 0 Å². The zero-order valence-electron chi connectivity index (χ0n) is 13.6. The van der Waals surface area contributed by atoms with Crippen LogP contribution < -0.4 is 10.1 Å². The lowest BCUT2D eigenvalue weighted by Crippen LogP contribution is -2.17. The van der Waals surface area contributed by atoms with Crippen molar-refractivity contribution >= 4 is 23.2 Å². The number of rotatable bonds is 7. The van der Waals surface area contributed by atoms with Crippen LogP contribution in [-0.4, -0.2) is 12.5 Å². The highest BCUT2D eigenvalue weighted by Crippen LogP contribution is 2.23. The number of anilines is 1. The summed E-state index contributed by atoms with van der Waals surface area (Å²) < 4.78 is 5.56. The van der Waals surface area contributed by atoms with Crippen LogP contribution in [0, 0.1) is 0 Å². The normalized spacial score (nSPS) is 10.4. The Morgan fingerprint density at radius 3 is 2.22 bits per heavy atom. The minimum Gasteiger partial charge on any atom is -0.493 e. The Hall–Kier alpha value is -2.00. The van der Waals surface area contributed by atoms with Crippen molar-refractivity contribution in [3.8, 4) is 5.75 Å². The van der Waals surface area contributed by atoms with Crippen LogP contribution in [0.15, 0.2) is 42.5 Å². The van der Waals surface area contributed by atoms with E-state index in [9.17, 15) is 4.79 Å². The van der Waals surface area contributed by atoms with Gasteiger partial charge >= 0.3 is 0 Å². The number of amides is 1. The van der Waals surface area contributed by atoms with E-state index in [1.165, 1.54) is 0 Å². The number of carbonyl (C=O) groups excluding carboxylic acids is 1. The Labute approximate surface area is 142 Å². The van der Waals surface area contributed by atoms with Gasteiger partial charge < -0.3 is 10.1 Å². The van der Waals surface area contributed by atoms with E-state index in [1.54, 1.807) is 24.3 Å². The fraction of sp³-hybridized carbons (Fsp3) is 0.316. The second-order valence-corrected chi connectivity index (χ2v) is 5.70. The smallest absolute Gasteiger partial charge is 0.227 e. The number of carbonyl (C=O) groups is 1. The minimum atomic E-state index is -0.0328. The maximum Gasteiger partial charge on any atom is 0.227 e. The van der Waals surface area contributed by atoms with E-state index >= 15 is 0 Å². The van der Waals surface area contributed by atoms with Crippen molar-refractivity contribution < 1.29 is 9.53 Å². The summed E-state index contributed by atoms with van der Waals surface area (Å²) in [7, 11) is 0. The minimum absolute atomic E-state index is 0.0328. The molecule has 0 aliphatic rings. The van der Waals surface area contributed by atoms with Gasteiger partial charge in [-0.1, -0.05) is 43.6 Å². The summed E-state index contributed by atoms with van der Waals surface area (Å²) in [4.78, 5) is 12.2. The Balaban J connectivity index is 1.91. The summed E-state index contributed by atoms with van der Waals surface area (Å²) in [5.41, 5.74) is 3.28. The van der Waals surface area contributed by atoms with Crippen LogP contribution in [0.4, 0.5) is 5.69 Å². The van der Waals surface area contributed by atoms with Gasteiger partial charge in [-0.25, -0.2) is 0 Å². The van der Waals surface area contributed by atoms with Crippen molar-refractivity contribution in [1.82, 2.24) is 0 Å². The predicted octanol–water partition coefficient (Wildman–Crippen LogP) is 4.87. The number of ether oxygens (including phenoxy) is 1. The van der Waals surface area contributed by atoms with E-state index in [0.717, 1.165) is 29.7 Å². The number of hydrogen-bond acceptors (Lipinski definition) is 2. The summed E-state index contributed by atoms with van der Waals surface area (Å²) in [6.07, 6.45) is 2.10. The molecule has 4 heteroatoms. The molecular weight excluding hydrogens is 310 g/mol. The van der Waals surface area contributed by atoms with Gasteiger partial charge in [0.2, 0.25) is 5.91 Å². The lowest BCUT2D eigenvalue weighted by Gasteiger charge is -2.14. The third kappa shape index (κ3) is 5.00. The second-order valence-electron chi connectivity index (χ2n) is 5.26. The lowest BCUT2D eigenvalue weighted by atomic mass is 10.0. The molecule has 0 aliphatic carbocycles. The van der Waals surface area contributed by atoms with Crippen LogP contribution in [0.25, 0.3) is 0 Å². The summed E-state index contributed by atoms with van der Waals surface area (Å²) in [6.45, 7) is 4.52. The molecule has 0 saturated carbocycles. The van der Waals surface area contributed by atoms with Gasteiger partial charge in [0.05, 0.1) is 13.0 Å². The summed E-state index contributed by atoms with van der Waals surface area (Å²) in [6, 6.07) is 13.3. The van der Waals surface area contributed by atoms with Crippen molar-refractivity contribution in [2.24, 2.45) is 0 Å². The van der Waals surface area contributed by atoms with Crippen molar-refractivity contribution in [2.75, 3.05) is 11.9 Å². The average Bonchev–Trinajstić information content (AvgIpc) is 2.57. The average molecular weight is 332 g/mol. The van der Waals surface area contributed by atoms with E-state index in [4.69, 9.17) is 16.3 Å². The fourth-order valence-electron chi connectivity index (χ4n) is 2.40. The first kappa shape index (κ1) is 17.4. The van der Waals surface area contributed by atoms with Crippen LogP contribution in [0.5, 0.6) is 5.75 Å². The molecule has 0 saturated heterocycles. The summed E-state index contributed by atoms with van der Waals surface area (Å²) in [5.74, 6) is 0.681. The maximum absolute atomic E-state index is 12.2. The molecule has 1 N–H and O–H groups in total. The molecule has 0 spiro atoms. The zero-order chi connectivity index (χ0) is 16.7. The molecule has 0 atom stereocenters. The summed E-state index contributed by atoms with van der Waals surface area (Å²) >= 11 is 5.82. The molecule has 23 heavy (non-hydrogen) atoms. The molecule has 0 heterocycles. The van der Waals surface area contributed by atoms with Gasteiger partial charge in [0.1, 0.15) is 5.75 Å². The Morgan fingerprint density at radius 2 is 1.65 bits per heavy atom. The van der Waals surface area contributed by atoms with Gasteiger partial charge in [-0.15, -0.1) is 0 Å². The molecule has 2 aromatic carbocycles. The number of benzene rings is 2. The Kier molecular flexibility index (Phi) is 6.48. The summed E-state index contributed by atoms with van der Waals surface area (Å²) in [5, 5.41) is 3.70. The van der Waals surface area contributed by atoms with Crippen LogP contribution in [0.1, 0.15) is 31.4 Å². The van der Waals surface area contributed by atoms with Gasteiger partial charge in [-0.05, 0) is 48.2 Å². The SMILES string of the molecule is CCc1cccc(CC)c1NC(=O)CCOc1ccc(Cl)cc1. The van der Waals surface area contributed by atoms with Crippen molar-refractivity contribution in [2.45, 2.75) is 33.1 Å². The molecule has 0 radical (unpaired) electrons. The number of hydrogen-bond donors (Lipinski definition) is 1. The molecule has 3 nitrogen and oxygen atoms in total. The predicted molar refractivity (Wildman–Crippen MR) is 95.4 cm³/mol. The molecule has 1 amide bonds. The van der Waals surface area contributed by atoms with E-state index in [1.807, 2.05) is 6.07 Å².